The number of pyridine rings is 2. The minimum absolute atomic E-state index is 0. The third kappa shape index (κ3) is 8.53. The third-order valence-corrected chi connectivity index (χ3v) is 14.5. The van der Waals surface area contributed by atoms with Crippen molar-refractivity contribution >= 4 is 55.9 Å². The minimum Gasteiger partial charge on any atom is -0.333 e. The van der Waals surface area contributed by atoms with Gasteiger partial charge in [-0.1, -0.05) is 151 Å². The van der Waals surface area contributed by atoms with E-state index in [2.05, 4.69) is 132 Å². The molecule has 0 saturated carbocycles. The van der Waals surface area contributed by atoms with Crippen LogP contribution in [0.4, 0.5) is 4.39 Å². The van der Waals surface area contributed by atoms with Gasteiger partial charge in [-0.3, -0.25) is 9.97 Å². The van der Waals surface area contributed by atoms with Gasteiger partial charge in [-0.15, -0.1) is 48.0 Å². The summed E-state index contributed by atoms with van der Waals surface area (Å²) in [6.45, 7) is 7.00. The molecule has 0 N–H and O–H groups in total. The maximum Gasteiger partial charge on any atom is 0.123 e. The predicted molar refractivity (Wildman–Crippen MR) is 264 cm³/mol. The summed E-state index contributed by atoms with van der Waals surface area (Å²) in [5, 5.41) is 2.41. The maximum atomic E-state index is 14.0. The molecule has 0 aliphatic rings. The molecule has 0 spiro atoms. The van der Waals surface area contributed by atoms with Gasteiger partial charge >= 0.3 is 0 Å². The molecule has 11 aromatic rings. The quantitative estimate of drug-likeness (QED) is 0.118. The number of aromatic nitrogens is 4. The standard InChI is InChI=1S/C42H25FN3S.C14H16NSi.Ir/c43-32-19-15-30(16-20-32)34-23-24-35(41-39(34)40-38(47-41)25-31(26-44-40)28-11-5-2-6-12-28)42-45-36-13-7-8-14-37(36)46(42)33-21-17-29(18-22-33)27-9-3-1-4-10-27;1-16(2,3)13-9-10-14(15-11-13)12-7-5-4-6-8-12;/h1-23,25-26H;4-7,9-11H,1-3H3;/q2*-1;. The molecule has 0 bridgehead atoms. The number of rotatable bonds is 7. The molecule has 1 radical (unpaired) electrons. The zero-order chi connectivity index (χ0) is 42.9. The van der Waals surface area contributed by atoms with E-state index < -0.39 is 8.07 Å². The first kappa shape index (κ1) is 42.6. The zero-order valence-corrected chi connectivity index (χ0v) is 39.6. The van der Waals surface area contributed by atoms with Gasteiger partial charge in [0.1, 0.15) is 5.82 Å². The van der Waals surface area contributed by atoms with Crippen LogP contribution in [-0.4, -0.2) is 27.6 Å². The monoisotopic (exact) mass is 1040 g/mol. The number of imidazole rings is 1. The summed E-state index contributed by atoms with van der Waals surface area (Å²) in [4.78, 5) is 14.8. The Kier molecular flexibility index (Phi) is 12.1. The molecule has 0 unspecified atom stereocenters. The summed E-state index contributed by atoms with van der Waals surface area (Å²) in [6.07, 6.45) is 3.96. The molecule has 7 aromatic carbocycles. The summed E-state index contributed by atoms with van der Waals surface area (Å²) in [7, 11) is -1.23. The average molecular weight is 1040 g/mol. The smallest absolute Gasteiger partial charge is 0.123 e. The van der Waals surface area contributed by atoms with Gasteiger partial charge in [0, 0.05) is 48.4 Å². The maximum absolute atomic E-state index is 14.0. The van der Waals surface area contributed by atoms with Gasteiger partial charge in [-0.25, -0.2) is 4.39 Å². The van der Waals surface area contributed by atoms with E-state index in [0.29, 0.717) is 0 Å². The van der Waals surface area contributed by atoms with Gasteiger partial charge in [-0.2, -0.15) is 11.3 Å². The van der Waals surface area contributed by atoms with Gasteiger partial charge in [0.2, 0.25) is 0 Å². The van der Waals surface area contributed by atoms with Gasteiger partial charge in [0.25, 0.3) is 0 Å². The van der Waals surface area contributed by atoms with E-state index >= 15 is 0 Å². The van der Waals surface area contributed by atoms with Crippen molar-refractivity contribution in [2.24, 2.45) is 0 Å². The number of para-hydroxylation sites is 2. The Morgan fingerprint density at radius 2 is 1.27 bits per heavy atom. The van der Waals surface area contributed by atoms with Crippen LogP contribution in [0.5, 0.6) is 0 Å². The number of thiophene rings is 1. The van der Waals surface area contributed by atoms with Gasteiger partial charge in [-0.05, 0) is 74.7 Å². The number of nitrogens with zero attached hydrogens (tertiary/aromatic N) is 4. The molecule has 0 atom stereocenters. The van der Waals surface area contributed by atoms with Crippen molar-refractivity contribution in [2.45, 2.75) is 19.6 Å². The molecule has 11 rings (SSSR count). The van der Waals surface area contributed by atoms with Crippen LogP contribution in [0, 0.1) is 17.9 Å². The summed E-state index contributed by atoms with van der Waals surface area (Å²) < 4.78 is 18.3. The summed E-state index contributed by atoms with van der Waals surface area (Å²) in [6, 6.07) is 67.5. The van der Waals surface area contributed by atoms with E-state index in [1.165, 1.54) is 22.9 Å². The Balaban J connectivity index is 0.000000258. The van der Waals surface area contributed by atoms with Gasteiger partial charge in [0.15, 0.2) is 0 Å². The van der Waals surface area contributed by atoms with Crippen LogP contribution < -0.4 is 5.19 Å². The second-order valence-corrected chi connectivity index (χ2v) is 22.6. The van der Waals surface area contributed by atoms with Gasteiger partial charge < -0.3 is 9.55 Å². The van der Waals surface area contributed by atoms with Crippen LogP contribution in [0.25, 0.3) is 93.0 Å². The molecular formula is C56H41FIrN4SSi-2. The number of halogens is 1. The van der Waals surface area contributed by atoms with Crippen LogP contribution in [0.3, 0.4) is 0 Å². The third-order valence-electron chi connectivity index (χ3n) is 11.3. The molecule has 0 fully saturated rings. The normalized spacial score (nSPS) is 11.3. The largest absolute Gasteiger partial charge is 0.333 e. The molecule has 8 heteroatoms. The van der Waals surface area contributed by atoms with E-state index in [1.807, 2.05) is 91.3 Å². The SMILES string of the molecule is C[Si](C)(C)c1ccc(-c2[c-]cccc2)nc1.Fc1ccc(-c2c[c-]c(-c3nc4ccccc4n3-c3ccc(-c4ccccc4)cc3)c3sc4cc(-c5ccccc5)cnc4c23)cc1.[Ir]. The molecule has 0 aliphatic heterocycles. The Bertz CT molecular complexity index is 3350. The van der Waals surface area contributed by atoms with Crippen molar-refractivity contribution in [2.75, 3.05) is 0 Å². The molecule has 64 heavy (non-hydrogen) atoms. The van der Waals surface area contributed by atoms with Crippen LogP contribution >= 0.6 is 11.3 Å². The van der Waals surface area contributed by atoms with Crippen LogP contribution in [0.1, 0.15) is 0 Å². The number of benzene rings is 7. The molecular weight excluding hydrogens is 1000 g/mol. The first-order valence-corrected chi connectivity index (χ1v) is 25.3. The van der Waals surface area contributed by atoms with Crippen molar-refractivity contribution in [1.82, 2.24) is 19.5 Å². The number of hydrogen-bond acceptors (Lipinski definition) is 4. The number of fused-ring (bicyclic) bond motifs is 4. The molecule has 4 aromatic heterocycles. The summed E-state index contributed by atoms with van der Waals surface area (Å²) >= 11 is 1.70. The van der Waals surface area contributed by atoms with Gasteiger partial charge in [0.05, 0.1) is 30.4 Å². The topological polar surface area (TPSA) is 43.6 Å². The molecule has 0 aliphatic carbocycles. The van der Waals surface area contributed by atoms with E-state index in [-0.39, 0.29) is 25.9 Å². The molecule has 4 nitrogen and oxygen atoms in total. The van der Waals surface area contributed by atoms with E-state index in [4.69, 9.17) is 9.97 Å². The second kappa shape index (κ2) is 18.2. The van der Waals surface area contributed by atoms with Crippen molar-refractivity contribution in [1.29, 1.82) is 0 Å². The molecule has 0 saturated heterocycles. The van der Waals surface area contributed by atoms with E-state index in [1.54, 1.807) is 11.3 Å². The van der Waals surface area contributed by atoms with E-state index in [9.17, 15) is 4.39 Å². The first-order valence-electron chi connectivity index (χ1n) is 20.9. The van der Waals surface area contributed by atoms with Crippen molar-refractivity contribution in [3.8, 4) is 61.7 Å². The first-order chi connectivity index (χ1) is 30.8. The molecule has 0 amide bonds. The average Bonchev–Trinajstić information content (AvgIpc) is 3.92. The number of hydrogen-bond donors (Lipinski definition) is 0. The Morgan fingerprint density at radius 1 is 0.609 bits per heavy atom. The summed E-state index contributed by atoms with van der Waals surface area (Å²) in [5.74, 6) is 0.544. The van der Waals surface area contributed by atoms with Crippen LogP contribution in [0.2, 0.25) is 19.6 Å². The second-order valence-electron chi connectivity index (χ2n) is 16.5. The molecule has 4 heterocycles. The van der Waals surface area contributed by atoms with Crippen molar-refractivity contribution in [3.05, 3.63) is 212 Å². The Labute approximate surface area is 391 Å². The van der Waals surface area contributed by atoms with Crippen molar-refractivity contribution in [3.63, 3.8) is 0 Å². The fourth-order valence-corrected chi connectivity index (χ4v) is 10.2. The zero-order valence-electron chi connectivity index (χ0n) is 35.4. The van der Waals surface area contributed by atoms with Crippen LogP contribution in [0.15, 0.2) is 194 Å². The fourth-order valence-electron chi connectivity index (χ4n) is 7.94. The van der Waals surface area contributed by atoms with Crippen molar-refractivity contribution < 1.29 is 24.5 Å². The Hall–Kier alpha value is -6.67. The molecule has 313 valence electrons. The Morgan fingerprint density at radius 3 is 1.94 bits per heavy atom. The minimum atomic E-state index is -1.23. The van der Waals surface area contributed by atoms with E-state index in [0.717, 1.165) is 87.5 Å². The summed E-state index contributed by atoms with van der Waals surface area (Å²) in [5.41, 5.74) is 13.2. The fraction of sp³-hybridized carbons (Fsp3) is 0.0536. The van der Waals surface area contributed by atoms with Crippen LogP contribution in [-0.2, 0) is 20.1 Å². The predicted octanol–water partition coefficient (Wildman–Crippen LogP) is 14.5.